The molecular weight excluding hydrogens is 261 g/mol. The monoisotopic (exact) mass is 281 g/mol. The van der Waals surface area contributed by atoms with Crippen LogP contribution in [0.4, 0.5) is 4.39 Å². The number of hydrogen-bond acceptors (Lipinski definition) is 3. The van der Waals surface area contributed by atoms with Crippen LogP contribution in [0.3, 0.4) is 0 Å². The Morgan fingerprint density at radius 1 is 1.55 bits per heavy atom. The van der Waals surface area contributed by atoms with Crippen LogP contribution in [0.2, 0.25) is 0 Å². The minimum atomic E-state index is -1.11. The highest BCUT2D eigenvalue weighted by Crippen LogP contribution is 2.17. The normalized spacial score (nSPS) is 18.6. The summed E-state index contributed by atoms with van der Waals surface area (Å²) in [5.74, 6) is -1.57. The van der Waals surface area contributed by atoms with Crippen molar-refractivity contribution in [3.8, 4) is 0 Å². The molecule has 1 aliphatic rings. The Balaban J connectivity index is 2.01. The average Bonchev–Trinajstić information content (AvgIpc) is 2.92. The summed E-state index contributed by atoms with van der Waals surface area (Å²) in [7, 11) is 0. The standard InChI is InChI=1S/C15H20FNO3/c1-2-17(10-13-4-3-7-20-13)9-12-6-5-11(15(18)19)8-14(12)16/h5-6,8,13H,2-4,7,9-10H2,1H3,(H,18,19). The Morgan fingerprint density at radius 2 is 2.35 bits per heavy atom. The van der Waals surface area contributed by atoms with Gasteiger partial charge >= 0.3 is 5.97 Å². The third-order valence-electron chi connectivity index (χ3n) is 3.63. The van der Waals surface area contributed by atoms with Crippen molar-refractivity contribution in [1.29, 1.82) is 0 Å². The van der Waals surface area contributed by atoms with Gasteiger partial charge in [-0.05, 0) is 31.5 Å². The molecule has 4 nitrogen and oxygen atoms in total. The first-order chi connectivity index (χ1) is 9.60. The van der Waals surface area contributed by atoms with Crippen LogP contribution in [0, 0.1) is 5.82 Å². The number of ether oxygens (including phenoxy) is 1. The van der Waals surface area contributed by atoms with Gasteiger partial charge in [0.1, 0.15) is 5.82 Å². The molecule has 1 aromatic rings. The SMILES string of the molecule is CCN(Cc1ccc(C(=O)O)cc1F)CC1CCCO1. The predicted octanol–water partition coefficient (Wildman–Crippen LogP) is 2.52. The summed E-state index contributed by atoms with van der Waals surface area (Å²) in [6.07, 6.45) is 2.37. The van der Waals surface area contributed by atoms with Gasteiger partial charge in [-0.3, -0.25) is 4.90 Å². The first-order valence-corrected chi connectivity index (χ1v) is 6.95. The van der Waals surface area contributed by atoms with Gasteiger partial charge in [0.15, 0.2) is 0 Å². The first-order valence-electron chi connectivity index (χ1n) is 6.95. The van der Waals surface area contributed by atoms with Crippen molar-refractivity contribution in [1.82, 2.24) is 4.90 Å². The second-order valence-electron chi connectivity index (χ2n) is 5.07. The van der Waals surface area contributed by atoms with Crippen LogP contribution >= 0.6 is 0 Å². The van der Waals surface area contributed by atoms with Gasteiger partial charge in [0.2, 0.25) is 0 Å². The number of nitrogens with zero attached hydrogens (tertiary/aromatic N) is 1. The molecule has 0 aromatic heterocycles. The molecule has 0 radical (unpaired) electrons. The summed E-state index contributed by atoms with van der Waals surface area (Å²) in [4.78, 5) is 12.9. The maximum Gasteiger partial charge on any atom is 0.335 e. The van der Waals surface area contributed by atoms with Gasteiger partial charge in [-0.15, -0.1) is 0 Å². The minimum absolute atomic E-state index is 0.0200. The molecule has 0 bridgehead atoms. The zero-order valence-electron chi connectivity index (χ0n) is 11.6. The number of carboxylic acid groups (broad SMARTS) is 1. The lowest BCUT2D eigenvalue weighted by Gasteiger charge is -2.24. The second-order valence-corrected chi connectivity index (χ2v) is 5.07. The molecule has 0 saturated carbocycles. The summed E-state index contributed by atoms with van der Waals surface area (Å²) in [5, 5.41) is 8.82. The van der Waals surface area contributed by atoms with Gasteiger partial charge in [-0.1, -0.05) is 13.0 Å². The van der Waals surface area contributed by atoms with Crippen LogP contribution in [0.15, 0.2) is 18.2 Å². The molecule has 2 rings (SSSR count). The van der Waals surface area contributed by atoms with Gasteiger partial charge in [-0.2, -0.15) is 0 Å². The van der Waals surface area contributed by atoms with Crippen molar-refractivity contribution in [3.05, 3.63) is 35.1 Å². The van der Waals surface area contributed by atoms with Crippen molar-refractivity contribution in [2.75, 3.05) is 19.7 Å². The Kier molecular flexibility index (Phi) is 5.09. The molecule has 1 atom stereocenters. The molecule has 1 N–H and O–H groups in total. The van der Waals surface area contributed by atoms with Crippen LogP contribution in [-0.2, 0) is 11.3 Å². The highest BCUT2D eigenvalue weighted by atomic mass is 19.1. The molecule has 1 heterocycles. The molecular formula is C15H20FNO3. The van der Waals surface area contributed by atoms with Crippen molar-refractivity contribution in [3.63, 3.8) is 0 Å². The molecule has 0 amide bonds. The zero-order chi connectivity index (χ0) is 14.5. The fourth-order valence-corrected chi connectivity index (χ4v) is 2.43. The summed E-state index contributed by atoms with van der Waals surface area (Å²) in [6.45, 7) is 4.90. The Bertz CT molecular complexity index is 472. The maximum absolute atomic E-state index is 13.9. The quantitative estimate of drug-likeness (QED) is 0.870. The number of carboxylic acids is 1. The Morgan fingerprint density at radius 3 is 2.90 bits per heavy atom. The maximum atomic E-state index is 13.9. The highest BCUT2D eigenvalue weighted by Gasteiger charge is 2.19. The zero-order valence-corrected chi connectivity index (χ0v) is 11.6. The lowest BCUT2D eigenvalue weighted by Crippen LogP contribution is -2.32. The van der Waals surface area contributed by atoms with E-state index in [2.05, 4.69) is 4.90 Å². The minimum Gasteiger partial charge on any atom is -0.478 e. The van der Waals surface area contributed by atoms with Gasteiger partial charge in [0, 0.05) is 25.3 Å². The third-order valence-corrected chi connectivity index (χ3v) is 3.63. The number of halogens is 1. The van der Waals surface area contributed by atoms with Crippen molar-refractivity contribution >= 4 is 5.97 Å². The topological polar surface area (TPSA) is 49.8 Å². The second kappa shape index (κ2) is 6.81. The number of aromatic carboxylic acids is 1. The van der Waals surface area contributed by atoms with Crippen LogP contribution in [0.5, 0.6) is 0 Å². The summed E-state index contributed by atoms with van der Waals surface area (Å²) in [6, 6.07) is 4.08. The number of rotatable bonds is 6. The molecule has 20 heavy (non-hydrogen) atoms. The van der Waals surface area contributed by atoms with E-state index in [4.69, 9.17) is 9.84 Å². The molecule has 1 unspecified atom stereocenters. The smallest absolute Gasteiger partial charge is 0.335 e. The number of benzene rings is 1. The van der Waals surface area contributed by atoms with Gasteiger partial charge in [0.05, 0.1) is 11.7 Å². The molecule has 5 heteroatoms. The molecule has 0 aliphatic carbocycles. The summed E-state index contributed by atoms with van der Waals surface area (Å²) in [5.41, 5.74) is 0.503. The fraction of sp³-hybridized carbons (Fsp3) is 0.533. The molecule has 1 aromatic carbocycles. The third kappa shape index (κ3) is 3.77. The van der Waals surface area contributed by atoms with Crippen molar-refractivity contribution in [2.45, 2.75) is 32.4 Å². The van der Waals surface area contributed by atoms with E-state index in [1.165, 1.54) is 6.07 Å². The van der Waals surface area contributed by atoms with Crippen molar-refractivity contribution < 1.29 is 19.0 Å². The lowest BCUT2D eigenvalue weighted by atomic mass is 10.1. The number of carbonyl (C=O) groups is 1. The van der Waals surface area contributed by atoms with E-state index in [1.807, 2.05) is 6.92 Å². The Hall–Kier alpha value is -1.46. The van der Waals surface area contributed by atoms with Crippen LogP contribution in [-0.4, -0.2) is 41.8 Å². The first kappa shape index (κ1) is 14.9. The largest absolute Gasteiger partial charge is 0.478 e. The molecule has 110 valence electrons. The predicted molar refractivity (Wildman–Crippen MR) is 73.3 cm³/mol. The van der Waals surface area contributed by atoms with E-state index in [1.54, 1.807) is 6.07 Å². The molecule has 1 fully saturated rings. The van der Waals surface area contributed by atoms with Crippen LogP contribution in [0.1, 0.15) is 35.7 Å². The van der Waals surface area contributed by atoms with E-state index >= 15 is 0 Å². The Labute approximate surface area is 118 Å². The molecule has 1 aliphatic heterocycles. The lowest BCUT2D eigenvalue weighted by molar-refractivity contribution is 0.0696. The molecule has 1 saturated heterocycles. The van der Waals surface area contributed by atoms with Gasteiger partial charge in [-0.25, -0.2) is 9.18 Å². The summed E-state index contributed by atoms with van der Waals surface area (Å²) >= 11 is 0. The van der Waals surface area contributed by atoms with Crippen LogP contribution in [0.25, 0.3) is 0 Å². The van der Waals surface area contributed by atoms with E-state index in [0.29, 0.717) is 12.1 Å². The van der Waals surface area contributed by atoms with E-state index in [-0.39, 0.29) is 11.7 Å². The van der Waals surface area contributed by atoms with E-state index in [0.717, 1.165) is 38.6 Å². The van der Waals surface area contributed by atoms with Gasteiger partial charge in [0.25, 0.3) is 0 Å². The van der Waals surface area contributed by atoms with Crippen LogP contribution < -0.4 is 0 Å². The summed E-state index contributed by atoms with van der Waals surface area (Å²) < 4.78 is 19.5. The number of hydrogen-bond donors (Lipinski definition) is 1. The van der Waals surface area contributed by atoms with E-state index < -0.39 is 11.8 Å². The van der Waals surface area contributed by atoms with Crippen molar-refractivity contribution in [2.24, 2.45) is 0 Å². The number of likely N-dealkylation sites (N-methyl/N-ethyl adjacent to an activating group) is 1. The van der Waals surface area contributed by atoms with E-state index in [9.17, 15) is 9.18 Å². The fourth-order valence-electron chi connectivity index (χ4n) is 2.43. The highest BCUT2D eigenvalue weighted by molar-refractivity contribution is 5.87. The van der Waals surface area contributed by atoms with Gasteiger partial charge < -0.3 is 9.84 Å². The molecule has 0 spiro atoms. The average molecular weight is 281 g/mol.